The van der Waals surface area contributed by atoms with Crippen LogP contribution in [-0.4, -0.2) is 78.4 Å². The van der Waals surface area contributed by atoms with E-state index in [1.165, 1.54) is 0 Å². The van der Waals surface area contributed by atoms with Crippen molar-refractivity contribution in [2.75, 3.05) is 45.8 Å². The molecule has 0 saturated carbocycles. The van der Waals surface area contributed by atoms with E-state index in [1.807, 2.05) is 30.6 Å². The van der Waals surface area contributed by atoms with Gasteiger partial charge in [0.2, 0.25) is 5.91 Å². The van der Waals surface area contributed by atoms with Gasteiger partial charge in [0.15, 0.2) is 0 Å². The van der Waals surface area contributed by atoms with E-state index in [-0.39, 0.29) is 24.4 Å². The number of likely N-dealkylation sites (tertiary alicyclic amines) is 3. The van der Waals surface area contributed by atoms with Crippen molar-refractivity contribution in [2.45, 2.75) is 58.4 Å². The van der Waals surface area contributed by atoms with E-state index >= 15 is 0 Å². The lowest BCUT2D eigenvalue weighted by atomic mass is 9.68. The Balaban J connectivity index is 1.53. The van der Waals surface area contributed by atoms with Gasteiger partial charge in [-0.25, -0.2) is 8.78 Å². The van der Waals surface area contributed by atoms with Crippen molar-refractivity contribution in [2.24, 2.45) is 11.3 Å². The number of halogens is 2. The van der Waals surface area contributed by atoms with Crippen LogP contribution in [0.25, 0.3) is 0 Å². The minimum atomic E-state index is -2.60. The molecule has 3 saturated heterocycles. The number of carbonyl (C=O) groups is 1. The number of rotatable bonds is 4. The predicted molar refractivity (Wildman–Crippen MR) is 94.7 cm³/mol. The van der Waals surface area contributed by atoms with Crippen molar-refractivity contribution in [3.63, 3.8) is 0 Å². The fraction of sp³-hybridized carbons (Fsp3) is 0.947. The van der Waals surface area contributed by atoms with Crippen LogP contribution in [0.15, 0.2) is 0 Å². The molecule has 0 aromatic carbocycles. The summed E-state index contributed by atoms with van der Waals surface area (Å²) in [5.41, 5.74) is -0.785. The van der Waals surface area contributed by atoms with Crippen LogP contribution >= 0.6 is 0 Å². The standard InChI is InChI=1S/C19H33F2N3O/c1-4-15(3)17(25)23-9-6-16(7-10-23)24-11-8-18(19(20,21)14-24)12-22(5-2)13-18/h15-16H,4-14H2,1-3H3. The lowest BCUT2D eigenvalue weighted by Gasteiger charge is -2.58. The molecule has 3 aliphatic heterocycles. The molecule has 1 unspecified atom stereocenters. The molecule has 0 radical (unpaired) electrons. The van der Waals surface area contributed by atoms with Crippen LogP contribution in [0, 0.1) is 11.3 Å². The molecule has 3 heterocycles. The van der Waals surface area contributed by atoms with Crippen molar-refractivity contribution in [3.8, 4) is 0 Å². The van der Waals surface area contributed by atoms with Crippen LogP contribution in [0.5, 0.6) is 0 Å². The van der Waals surface area contributed by atoms with Gasteiger partial charge in [0, 0.05) is 38.1 Å². The summed E-state index contributed by atoms with van der Waals surface area (Å²) in [5, 5.41) is 0. The Morgan fingerprint density at radius 2 is 1.76 bits per heavy atom. The second kappa shape index (κ2) is 7.10. The smallest absolute Gasteiger partial charge is 0.268 e. The second-order valence-electron chi connectivity index (χ2n) is 8.37. The maximum absolute atomic E-state index is 14.8. The fourth-order valence-electron chi connectivity index (χ4n) is 4.71. The monoisotopic (exact) mass is 357 g/mol. The molecular formula is C19H33F2N3O. The third kappa shape index (κ3) is 3.44. The maximum Gasteiger partial charge on any atom is 0.268 e. The first kappa shape index (κ1) is 19.0. The fourth-order valence-corrected chi connectivity index (χ4v) is 4.71. The van der Waals surface area contributed by atoms with E-state index in [0.29, 0.717) is 32.6 Å². The normalized spacial score (nSPS) is 28.8. The van der Waals surface area contributed by atoms with Crippen molar-refractivity contribution in [3.05, 3.63) is 0 Å². The van der Waals surface area contributed by atoms with Crippen LogP contribution < -0.4 is 0 Å². The summed E-state index contributed by atoms with van der Waals surface area (Å²) < 4.78 is 29.7. The van der Waals surface area contributed by atoms with Gasteiger partial charge in [-0.15, -0.1) is 0 Å². The Morgan fingerprint density at radius 1 is 1.12 bits per heavy atom. The van der Waals surface area contributed by atoms with Crippen molar-refractivity contribution >= 4 is 5.91 Å². The van der Waals surface area contributed by atoms with Gasteiger partial charge in [-0.1, -0.05) is 20.8 Å². The van der Waals surface area contributed by atoms with E-state index < -0.39 is 11.3 Å². The highest BCUT2D eigenvalue weighted by Gasteiger charge is 2.62. The van der Waals surface area contributed by atoms with Crippen molar-refractivity contribution in [1.29, 1.82) is 0 Å². The largest absolute Gasteiger partial charge is 0.342 e. The molecule has 25 heavy (non-hydrogen) atoms. The van der Waals surface area contributed by atoms with Crippen molar-refractivity contribution in [1.82, 2.24) is 14.7 Å². The summed E-state index contributed by atoms with van der Waals surface area (Å²) in [6.07, 6.45) is 3.11. The number of alkyl halides is 2. The third-order valence-electron chi connectivity index (χ3n) is 6.88. The zero-order valence-corrected chi connectivity index (χ0v) is 15.9. The maximum atomic E-state index is 14.8. The molecule has 0 aromatic rings. The minimum Gasteiger partial charge on any atom is -0.342 e. The van der Waals surface area contributed by atoms with E-state index in [0.717, 1.165) is 32.4 Å². The molecular weight excluding hydrogens is 324 g/mol. The number of carbonyl (C=O) groups excluding carboxylic acids is 1. The zero-order chi connectivity index (χ0) is 18.2. The summed E-state index contributed by atoms with van der Waals surface area (Å²) in [4.78, 5) is 18.3. The van der Waals surface area contributed by atoms with Gasteiger partial charge >= 0.3 is 0 Å². The summed E-state index contributed by atoms with van der Waals surface area (Å²) in [6.45, 7) is 10.1. The van der Waals surface area contributed by atoms with E-state index in [1.54, 1.807) is 0 Å². The second-order valence-corrected chi connectivity index (χ2v) is 8.37. The number of piperidine rings is 2. The molecule has 3 aliphatic rings. The van der Waals surface area contributed by atoms with Crippen molar-refractivity contribution < 1.29 is 13.6 Å². The van der Waals surface area contributed by atoms with E-state index in [4.69, 9.17) is 0 Å². The van der Waals surface area contributed by atoms with E-state index in [2.05, 4.69) is 4.90 Å². The first-order chi connectivity index (χ1) is 11.8. The molecule has 0 bridgehead atoms. The molecule has 1 amide bonds. The molecule has 3 fully saturated rings. The van der Waals surface area contributed by atoms with Crippen LogP contribution in [0.1, 0.15) is 46.5 Å². The third-order valence-corrected chi connectivity index (χ3v) is 6.88. The number of amides is 1. The lowest BCUT2D eigenvalue weighted by Crippen LogP contribution is -2.70. The molecule has 144 valence electrons. The SMILES string of the molecule is CCC(C)C(=O)N1CCC(N2CCC3(CN(CC)C3)C(F)(F)C2)CC1. The molecule has 0 aromatic heterocycles. The molecule has 0 aliphatic carbocycles. The Morgan fingerprint density at radius 3 is 2.28 bits per heavy atom. The number of hydrogen-bond donors (Lipinski definition) is 0. The highest BCUT2D eigenvalue weighted by molar-refractivity contribution is 5.78. The highest BCUT2D eigenvalue weighted by atomic mass is 19.3. The van der Waals surface area contributed by atoms with Gasteiger partial charge in [-0.3, -0.25) is 9.69 Å². The van der Waals surface area contributed by atoms with E-state index in [9.17, 15) is 13.6 Å². The summed E-state index contributed by atoms with van der Waals surface area (Å²) in [6, 6.07) is 0.201. The summed E-state index contributed by atoms with van der Waals surface area (Å²) in [7, 11) is 0. The first-order valence-electron chi connectivity index (χ1n) is 9.95. The van der Waals surface area contributed by atoms with Crippen LogP contribution in [-0.2, 0) is 4.79 Å². The number of hydrogen-bond acceptors (Lipinski definition) is 3. The molecule has 3 rings (SSSR count). The Hall–Kier alpha value is -0.750. The van der Waals surface area contributed by atoms with Crippen LogP contribution in [0.3, 0.4) is 0 Å². The minimum absolute atomic E-state index is 0.0656. The summed E-state index contributed by atoms with van der Waals surface area (Å²) in [5.74, 6) is -2.31. The quantitative estimate of drug-likeness (QED) is 0.774. The Bertz CT molecular complexity index is 485. The van der Waals surface area contributed by atoms with Gasteiger partial charge in [-0.2, -0.15) is 0 Å². The lowest BCUT2D eigenvalue weighted by molar-refractivity contribution is -0.229. The van der Waals surface area contributed by atoms with Gasteiger partial charge in [0.05, 0.1) is 12.0 Å². The molecule has 4 nitrogen and oxygen atoms in total. The Kier molecular flexibility index (Phi) is 5.41. The average Bonchev–Trinajstić information content (AvgIpc) is 2.58. The average molecular weight is 357 g/mol. The first-order valence-corrected chi connectivity index (χ1v) is 9.95. The predicted octanol–water partition coefficient (Wildman–Crippen LogP) is 2.69. The molecule has 0 N–H and O–H groups in total. The zero-order valence-electron chi connectivity index (χ0n) is 15.9. The number of nitrogens with zero attached hydrogens (tertiary/aromatic N) is 3. The van der Waals surface area contributed by atoms with Gasteiger partial charge in [0.25, 0.3) is 5.92 Å². The van der Waals surface area contributed by atoms with Gasteiger partial charge < -0.3 is 9.80 Å². The topological polar surface area (TPSA) is 26.8 Å². The van der Waals surface area contributed by atoms with Crippen LogP contribution in [0.4, 0.5) is 8.78 Å². The molecule has 6 heteroatoms. The Labute approximate surface area is 150 Å². The highest BCUT2D eigenvalue weighted by Crippen LogP contribution is 2.50. The summed E-state index contributed by atoms with van der Waals surface area (Å²) >= 11 is 0. The van der Waals surface area contributed by atoms with Gasteiger partial charge in [0.1, 0.15) is 0 Å². The van der Waals surface area contributed by atoms with Gasteiger partial charge in [-0.05, 0) is 38.8 Å². The van der Waals surface area contributed by atoms with Crippen LogP contribution in [0.2, 0.25) is 0 Å². The molecule has 1 atom stereocenters. The molecule has 1 spiro atoms.